The van der Waals surface area contributed by atoms with E-state index in [9.17, 15) is 9.59 Å². The van der Waals surface area contributed by atoms with Gasteiger partial charge in [0.05, 0.1) is 34.3 Å². The smallest absolute Gasteiger partial charge is 0.242 e. The van der Waals surface area contributed by atoms with Crippen LogP contribution in [0.4, 0.5) is 0 Å². The minimum atomic E-state index is -0.0674. The minimum Gasteiger partial charge on any atom is -0.497 e. The van der Waals surface area contributed by atoms with Gasteiger partial charge in [-0.1, -0.05) is 31.2 Å². The van der Waals surface area contributed by atoms with Crippen molar-refractivity contribution in [1.29, 1.82) is 0 Å². The van der Waals surface area contributed by atoms with E-state index in [-0.39, 0.29) is 30.8 Å². The van der Waals surface area contributed by atoms with Crippen LogP contribution in [-0.4, -0.2) is 62.1 Å². The highest BCUT2D eigenvalue weighted by molar-refractivity contribution is 7.09. The quantitative estimate of drug-likeness (QED) is 0.282. The number of hydrogen-bond donors (Lipinski definition) is 0. The van der Waals surface area contributed by atoms with Crippen LogP contribution < -0.4 is 14.2 Å². The monoisotopic (exact) mass is 538 g/mol. The molecule has 8 heteroatoms. The molecule has 38 heavy (non-hydrogen) atoms. The maximum atomic E-state index is 13.7. The third-order valence-corrected chi connectivity index (χ3v) is 7.52. The molecule has 1 heterocycles. The molecule has 0 bridgehead atoms. The van der Waals surface area contributed by atoms with Crippen LogP contribution in [-0.2, 0) is 29.0 Å². The highest BCUT2D eigenvalue weighted by Gasteiger charge is 2.25. The van der Waals surface area contributed by atoms with Crippen LogP contribution in [0.1, 0.15) is 36.3 Å². The minimum absolute atomic E-state index is 0.0430. The first-order valence-corrected chi connectivity index (χ1v) is 13.7. The molecular formula is C30H38N2O5S. The first kappa shape index (κ1) is 29.0. The summed E-state index contributed by atoms with van der Waals surface area (Å²) in [5.41, 5.74) is 1.93. The molecule has 1 aromatic heterocycles. The largest absolute Gasteiger partial charge is 0.497 e. The van der Waals surface area contributed by atoms with Crippen LogP contribution in [0.5, 0.6) is 17.2 Å². The summed E-state index contributed by atoms with van der Waals surface area (Å²) in [6.45, 7) is 5.09. The first-order chi connectivity index (χ1) is 18.4. The third-order valence-electron chi connectivity index (χ3n) is 6.66. The SMILES string of the molecule is CCC(C)N(CC(=O)N(CCc1ccc(OC)c(OC)c1)Cc1cccs1)C(=O)Cc1ccc(OC)cc1. The predicted molar refractivity (Wildman–Crippen MR) is 151 cm³/mol. The molecule has 2 aromatic carbocycles. The molecule has 0 radical (unpaired) electrons. The van der Waals surface area contributed by atoms with Crippen LogP contribution in [0.15, 0.2) is 60.0 Å². The molecule has 0 fully saturated rings. The average molecular weight is 539 g/mol. The second-order valence-electron chi connectivity index (χ2n) is 9.14. The van der Waals surface area contributed by atoms with Crippen LogP contribution >= 0.6 is 11.3 Å². The van der Waals surface area contributed by atoms with Gasteiger partial charge in [0.2, 0.25) is 11.8 Å². The molecule has 0 aliphatic rings. The van der Waals surface area contributed by atoms with Crippen LogP contribution in [0, 0.1) is 0 Å². The Kier molecular flexibility index (Phi) is 11.0. The fraction of sp³-hybridized carbons (Fsp3) is 0.400. The molecule has 0 aliphatic carbocycles. The number of carbonyl (C=O) groups is 2. The Bertz CT molecular complexity index is 1160. The lowest BCUT2D eigenvalue weighted by Gasteiger charge is -2.31. The third kappa shape index (κ3) is 7.99. The lowest BCUT2D eigenvalue weighted by Crippen LogP contribution is -2.47. The van der Waals surface area contributed by atoms with Gasteiger partial charge in [-0.05, 0) is 66.6 Å². The summed E-state index contributed by atoms with van der Waals surface area (Å²) in [7, 11) is 4.84. The van der Waals surface area contributed by atoms with Gasteiger partial charge in [-0.3, -0.25) is 9.59 Å². The Hall–Kier alpha value is -3.52. The fourth-order valence-electron chi connectivity index (χ4n) is 4.16. The topological polar surface area (TPSA) is 68.3 Å². The van der Waals surface area contributed by atoms with E-state index in [0.29, 0.717) is 31.0 Å². The normalized spacial score (nSPS) is 11.5. The summed E-state index contributed by atoms with van der Waals surface area (Å²) in [5, 5.41) is 2.01. The number of ether oxygens (including phenoxy) is 3. The molecule has 0 aliphatic heterocycles. The lowest BCUT2D eigenvalue weighted by atomic mass is 10.1. The molecule has 0 spiro atoms. The Morgan fingerprint density at radius 3 is 2.21 bits per heavy atom. The Morgan fingerprint density at radius 2 is 1.61 bits per heavy atom. The number of nitrogens with zero attached hydrogens (tertiary/aromatic N) is 2. The molecule has 204 valence electrons. The van der Waals surface area contributed by atoms with E-state index in [1.807, 2.05) is 78.7 Å². The molecule has 0 saturated carbocycles. The molecule has 1 unspecified atom stereocenters. The molecule has 0 saturated heterocycles. The van der Waals surface area contributed by atoms with Gasteiger partial charge in [-0.2, -0.15) is 0 Å². The van der Waals surface area contributed by atoms with E-state index in [4.69, 9.17) is 14.2 Å². The van der Waals surface area contributed by atoms with Crippen molar-refractivity contribution in [2.24, 2.45) is 0 Å². The summed E-state index contributed by atoms with van der Waals surface area (Å²) in [6, 6.07) is 17.2. The van der Waals surface area contributed by atoms with Crippen molar-refractivity contribution in [2.45, 2.75) is 45.7 Å². The summed E-state index contributed by atoms with van der Waals surface area (Å²) < 4.78 is 16.0. The fourth-order valence-corrected chi connectivity index (χ4v) is 4.88. The standard InChI is InChI=1S/C30H38N2O5S/c1-6-22(2)32(29(33)19-23-9-12-25(35-3)13-10-23)21-30(34)31(20-26-8-7-17-38-26)16-15-24-11-14-27(36-4)28(18-24)37-5/h7-14,17-18,22H,6,15-16,19-21H2,1-5H3. The number of benzene rings is 2. The Balaban J connectivity index is 1.74. The number of rotatable bonds is 14. The van der Waals surface area contributed by atoms with Crippen LogP contribution in [0.2, 0.25) is 0 Å². The molecule has 3 rings (SSSR count). The highest BCUT2D eigenvalue weighted by Crippen LogP contribution is 2.28. The van der Waals surface area contributed by atoms with E-state index in [1.165, 1.54) is 0 Å². The van der Waals surface area contributed by atoms with Crippen LogP contribution in [0.3, 0.4) is 0 Å². The summed E-state index contributed by atoms with van der Waals surface area (Å²) >= 11 is 1.62. The molecule has 2 amide bonds. The van der Waals surface area contributed by atoms with E-state index in [2.05, 4.69) is 0 Å². The highest BCUT2D eigenvalue weighted by atomic mass is 32.1. The zero-order chi connectivity index (χ0) is 27.5. The van der Waals surface area contributed by atoms with E-state index in [1.54, 1.807) is 37.6 Å². The number of thiophene rings is 1. The number of methoxy groups -OCH3 is 3. The molecule has 3 aromatic rings. The van der Waals surface area contributed by atoms with Gasteiger partial charge in [0.1, 0.15) is 12.3 Å². The Labute approximate surface area is 229 Å². The van der Waals surface area contributed by atoms with Gasteiger partial charge in [0.15, 0.2) is 11.5 Å². The van der Waals surface area contributed by atoms with Crippen molar-refractivity contribution in [3.63, 3.8) is 0 Å². The second-order valence-corrected chi connectivity index (χ2v) is 10.2. The second kappa shape index (κ2) is 14.4. The number of amides is 2. The first-order valence-electron chi connectivity index (χ1n) is 12.8. The predicted octanol–water partition coefficient (Wildman–Crippen LogP) is 5.22. The van der Waals surface area contributed by atoms with Gasteiger partial charge in [0, 0.05) is 17.5 Å². The number of carbonyl (C=O) groups excluding carboxylic acids is 2. The van der Waals surface area contributed by atoms with E-state index < -0.39 is 0 Å². The van der Waals surface area contributed by atoms with Crippen LogP contribution in [0.25, 0.3) is 0 Å². The number of hydrogen-bond acceptors (Lipinski definition) is 6. The Morgan fingerprint density at radius 1 is 0.895 bits per heavy atom. The lowest BCUT2D eigenvalue weighted by molar-refractivity contribution is -0.142. The van der Waals surface area contributed by atoms with Crippen molar-refractivity contribution >= 4 is 23.2 Å². The molecule has 1 atom stereocenters. The summed E-state index contributed by atoms with van der Waals surface area (Å²) in [5.74, 6) is 1.94. The zero-order valence-corrected chi connectivity index (χ0v) is 23.8. The van der Waals surface area contributed by atoms with Gasteiger partial charge in [-0.25, -0.2) is 0 Å². The molecular weight excluding hydrogens is 500 g/mol. The molecule has 7 nitrogen and oxygen atoms in total. The van der Waals surface area contributed by atoms with Gasteiger partial charge in [-0.15, -0.1) is 11.3 Å². The maximum Gasteiger partial charge on any atom is 0.242 e. The van der Waals surface area contributed by atoms with Crippen molar-refractivity contribution < 1.29 is 23.8 Å². The van der Waals surface area contributed by atoms with E-state index in [0.717, 1.165) is 28.2 Å². The maximum absolute atomic E-state index is 13.7. The average Bonchev–Trinajstić information content (AvgIpc) is 3.46. The van der Waals surface area contributed by atoms with Crippen molar-refractivity contribution in [3.05, 3.63) is 76.0 Å². The summed E-state index contributed by atoms with van der Waals surface area (Å²) in [4.78, 5) is 31.7. The van der Waals surface area contributed by atoms with Crippen molar-refractivity contribution in [1.82, 2.24) is 9.80 Å². The van der Waals surface area contributed by atoms with Gasteiger partial charge >= 0.3 is 0 Å². The van der Waals surface area contributed by atoms with E-state index >= 15 is 0 Å². The zero-order valence-electron chi connectivity index (χ0n) is 22.9. The summed E-state index contributed by atoms with van der Waals surface area (Å²) in [6.07, 6.45) is 1.65. The molecule has 0 N–H and O–H groups in total. The van der Waals surface area contributed by atoms with Crippen molar-refractivity contribution in [3.8, 4) is 17.2 Å². The van der Waals surface area contributed by atoms with Crippen molar-refractivity contribution in [2.75, 3.05) is 34.4 Å². The van der Waals surface area contributed by atoms with Gasteiger partial charge in [0.25, 0.3) is 0 Å². The van der Waals surface area contributed by atoms with Gasteiger partial charge < -0.3 is 24.0 Å².